The Kier molecular flexibility index (Phi) is 8.52. The molecule has 10 nitrogen and oxygen atoms in total. The number of likely N-dealkylation sites (tertiary alicyclic amines) is 1. The number of benzene rings is 1. The number of Topliss-reactive ketones (excluding diaryl/α,β-unsaturated/α-hetero) is 1. The molecule has 0 radical (unpaired) electrons. The van der Waals surface area contributed by atoms with Crippen molar-refractivity contribution in [2.24, 2.45) is 5.11 Å². The van der Waals surface area contributed by atoms with Crippen molar-refractivity contribution in [1.82, 2.24) is 19.8 Å². The van der Waals surface area contributed by atoms with E-state index in [1.807, 2.05) is 29.7 Å². The van der Waals surface area contributed by atoms with Gasteiger partial charge in [-0.3, -0.25) is 19.5 Å². The minimum absolute atomic E-state index is 0.0523. The van der Waals surface area contributed by atoms with Gasteiger partial charge in [-0.05, 0) is 80.7 Å². The van der Waals surface area contributed by atoms with Crippen LogP contribution in [0.2, 0.25) is 0 Å². The summed E-state index contributed by atoms with van der Waals surface area (Å²) in [7, 11) is 0. The average molecular weight is 499 g/mol. The van der Waals surface area contributed by atoms with Gasteiger partial charge in [-0.15, -0.1) is 0 Å². The predicted molar refractivity (Wildman–Crippen MR) is 140 cm³/mol. The van der Waals surface area contributed by atoms with Crippen LogP contribution >= 0.6 is 0 Å². The summed E-state index contributed by atoms with van der Waals surface area (Å²) in [5, 5.41) is 15.4. The third kappa shape index (κ3) is 6.15. The molecule has 2 aromatic heterocycles. The van der Waals surface area contributed by atoms with Crippen molar-refractivity contribution in [3.05, 3.63) is 69.4 Å². The molecule has 190 valence electrons. The number of carbonyl (C=O) groups excluding carboxylic acids is 2. The van der Waals surface area contributed by atoms with Crippen molar-refractivity contribution >= 4 is 22.7 Å². The van der Waals surface area contributed by atoms with Gasteiger partial charge in [0.1, 0.15) is 0 Å². The third-order valence-electron chi connectivity index (χ3n) is 6.69. The maximum Gasteiger partial charge on any atom is 0.220 e. The molecule has 1 saturated heterocycles. The molecule has 1 aromatic carbocycles. The van der Waals surface area contributed by atoms with E-state index < -0.39 is 0 Å². The summed E-state index contributed by atoms with van der Waals surface area (Å²) in [4.78, 5) is 35.3. The van der Waals surface area contributed by atoms with Crippen molar-refractivity contribution in [2.45, 2.75) is 39.0 Å². The van der Waals surface area contributed by atoms with Gasteiger partial charge in [0, 0.05) is 42.0 Å². The second-order valence-electron chi connectivity index (χ2n) is 9.23. The summed E-state index contributed by atoms with van der Waals surface area (Å²) in [5.74, 6) is -0.0826. The number of piperidine rings is 1. The first kappa shape index (κ1) is 25.9. The fourth-order valence-electron chi connectivity index (χ4n) is 4.85. The van der Waals surface area contributed by atoms with E-state index in [0.717, 1.165) is 48.4 Å². The zero-order valence-corrected chi connectivity index (χ0v) is 21.0. The number of aryl methyl sites for hydroxylation is 1. The molecule has 1 aliphatic heterocycles. The number of hydrogen-bond acceptors (Lipinski definition) is 6. The Morgan fingerprint density at radius 1 is 1.22 bits per heavy atom. The van der Waals surface area contributed by atoms with Gasteiger partial charge >= 0.3 is 0 Å². The summed E-state index contributed by atoms with van der Waals surface area (Å²) >= 11 is 0. The van der Waals surface area contributed by atoms with Crippen LogP contribution in [-0.4, -0.2) is 58.9 Å². The molecule has 1 aliphatic rings. The van der Waals surface area contributed by atoms with E-state index in [9.17, 15) is 14.9 Å². The van der Waals surface area contributed by atoms with E-state index in [0.29, 0.717) is 36.2 Å². The first-order valence-corrected chi connectivity index (χ1v) is 12.6. The molecule has 37 heavy (non-hydrogen) atoms. The Balaban J connectivity index is 1.65. The number of amides is 1. The van der Waals surface area contributed by atoms with Crippen molar-refractivity contribution < 1.29 is 9.59 Å². The van der Waals surface area contributed by atoms with Crippen molar-refractivity contribution in [2.75, 3.05) is 32.7 Å². The molecule has 0 aliphatic carbocycles. The Hall–Kier alpha value is -4.19. The molecule has 1 N–H and O–H groups in total. The number of ketones is 1. The van der Waals surface area contributed by atoms with Crippen molar-refractivity contribution in [1.29, 1.82) is 5.26 Å². The molecule has 10 heteroatoms. The standard InChI is InChI=1S/C27H30N8O2/c1-19-26(24(36)18-34-13-3-2-4-14-34)27-23(35(19)22-8-5-20(16-28)6-9-22)15-21(17-31-27)7-10-25(37)30-11-12-32-33-29/h5-6,8-9,15,17H,2-4,7,10-14,18H2,1H3,(H,30,37). The van der Waals surface area contributed by atoms with Crippen LogP contribution in [0.4, 0.5) is 0 Å². The van der Waals surface area contributed by atoms with Gasteiger partial charge in [0.05, 0.1) is 34.8 Å². The number of nitrogens with one attached hydrogen (secondary N) is 1. The fraction of sp³-hybridized carbons (Fsp3) is 0.407. The largest absolute Gasteiger partial charge is 0.356 e. The van der Waals surface area contributed by atoms with E-state index in [1.165, 1.54) is 6.42 Å². The fourth-order valence-corrected chi connectivity index (χ4v) is 4.85. The molecule has 4 rings (SSSR count). The molecule has 0 atom stereocenters. The zero-order chi connectivity index (χ0) is 26.2. The lowest BCUT2D eigenvalue weighted by Gasteiger charge is -2.25. The highest BCUT2D eigenvalue weighted by Gasteiger charge is 2.24. The minimum Gasteiger partial charge on any atom is -0.356 e. The number of carbonyl (C=O) groups is 2. The van der Waals surface area contributed by atoms with Gasteiger partial charge in [-0.2, -0.15) is 5.26 Å². The molecule has 0 unspecified atom stereocenters. The van der Waals surface area contributed by atoms with Gasteiger partial charge in [0.15, 0.2) is 5.78 Å². The number of fused-ring (bicyclic) bond motifs is 1. The van der Waals surface area contributed by atoms with Gasteiger partial charge < -0.3 is 9.88 Å². The summed E-state index contributed by atoms with van der Waals surface area (Å²) in [6, 6.07) is 11.4. The second-order valence-corrected chi connectivity index (χ2v) is 9.23. The Bertz CT molecular complexity index is 1370. The van der Waals surface area contributed by atoms with Crippen LogP contribution in [0.1, 0.15) is 52.9 Å². The zero-order valence-electron chi connectivity index (χ0n) is 21.0. The Morgan fingerprint density at radius 2 is 1.97 bits per heavy atom. The van der Waals surface area contributed by atoms with Gasteiger partial charge in [-0.1, -0.05) is 11.5 Å². The molecule has 0 bridgehead atoms. The SMILES string of the molecule is Cc1c(C(=O)CN2CCCCC2)c2ncc(CCC(=O)NCCN=[N+]=[N-])cc2n1-c1ccc(C#N)cc1. The van der Waals surface area contributed by atoms with E-state index in [4.69, 9.17) is 10.5 Å². The number of aromatic nitrogens is 2. The number of rotatable bonds is 10. The molecule has 1 fully saturated rings. The quantitative estimate of drug-likeness (QED) is 0.146. The topological polar surface area (TPSA) is 140 Å². The number of hydrogen-bond donors (Lipinski definition) is 1. The summed E-state index contributed by atoms with van der Waals surface area (Å²) in [5.41, 5.74) is 13.5. The number of nitriles is 1. The van der Waals surface area contributed by atoms with E-state index in [2.05, 4.69) is 26.3 Å². The summed E-state index contributed by atoms with van der Waals surface area (Å²) in [6.07, 6.45) is 5.90. The van der Waals surface area contributed by atoms with Crippen molar-refractivity contribution in [3.63, 3.8) is 0 Å². The van der Waals surface area contributed by atoms with Crippen molar-refractivity contribution in [3.8, 4) is 11.8 Å². The molecular weight excluding hydrogens is 468 g/mol. The lowest BCUT2D eigenvalue weighted by Crippen LogP contribution is -2.34. The molecule has 3 aromatic rings. The Morgan fingerprint density at radius 3 is 2.68 bits per heavy atom. The first-order valence-electron chi connectivity index (χ1n) is 12.6. The van der Waals surface area contributed by atoms with E-state index in [1.54, 1.807) is 18.3 Å². The predicted octanol–water partition coefficient (Wildman–Crippen LogP) is 4.23. The second kappa shape index (κ2) is 12.2. The Labute approximate surface area is 215 Å². The molecule has 0 spiro atoms. The van der Waals surface area contributed by atoms with Gasteiger partial charge in [0.2, 0.25) is 5.91 Å². The summed E-state index contributed by atoms with van der Waals surface area (Å²) < 4.78 is 2.01. The average Bonchev–Trinajstić information content (AvgIpc) is 3.21. The number of nitrogens with zero attached hydrogens (tertiary/aromatic N) is 7. The first-order chi connectivity index (χ1) is 18.0. The molecule has 0 saturated carbocycles. The highest BCUT2D eigenvalue weighted by molar-refractivity contribution is 6.09. The molecule has 3 heterocycles. The van der Waals surface area contributed by atoms with E-state index in [-0.39, 0.29) is 24.7 Å². The lowest BCUT2D eigenvalue weighted by atomic mass is 10.1. The maximum atomic E-state index is 13.5. The highest BCUT2D eigenvalue weighted by Crippen LogP contribution is 2.30. The maximum absolute atomic E-state index is 13.5. The van der Waals surface area contributed by atoms with Crippen LogP contribution in [-0.2, 0) is 11.2 Å². The number of pyridine rings is 1. The lowest BCUT2D eigenvalue weighted by molar-refractivity contribution is -0.121. The van der Waals surface area contributed by atoms with Crippen LogP contribution < -0.4 is 5.32 Å². The number of azide groups is 1. The normalized spacial score (nSPS) is 13.6. The van der Waals surface area contributed by atoms with Crippen LogP contribution in [0.5, 0.6) is 0 Å². The highest BCUT2D eigenvalue weighted by atomic mass is 16.1. The van der Waals surface area contributed by atoms with Crippen LogP contribution in [0.25, 0.3) is 27.2 Å². The van der Waals surface area contributed by atoms with E-state index >= 15 is 0 Å². The van der Waals surface area contributed by atoms with Crippen LogP contribution in [0, 0.1) is 18.3 Å². The van der Waals surface area contributed by atoms with Gasteiger partial charge in [-0.25, -0.2) is 0 Å². The van der Waals surface area contributed by atoms with Gasteiger partial charge in [0.25, 0.3) is 0 Å². The minimum atomic E-state index is -0.135. The molecule has 1 amide bonds. The molecular formula is C27H30N8O2. The van der Waals surface area contributed by atoms with Crippen LogP contribution in [0.3, 0.4) is 0 Å². The summed E-state index contributed by atoms with van der Waals surface area (Å²) in [6.45, 7) is 4.67. The monoisotopic (exact) mass is 498 g/mol. The third-order valence-corrected chi connectivity index (χ3v) is 6.69. The van der Waals surface area contributed by atoms with Crippen LogP contribution in [0.15, 0.2) is 41.6 Å². The smallest absolute Gasteiger partial charge is 0.220 e.